The van der Waals surface area contributed by atoms with E-state index in [1.54, 1.807) is 19.4 Å². The maximum absolute atomic E-state index is 9.73. The highest BCUT2D eigenvalue weighted by Gasteiger charge is 2.07. The lowest BCUT2D eigenvalue weighted by atomic mass is 10.2. The Hall–Kier alpha value is -0.490. The van der Waals surface area contributed by atoms with Gasteiger partial charge in [0.15, 0.2) is 0 Å². The van der Waals surface area contributed by atoms with Crippen LogP contribution >= 0.6 is 15.9 Å². The third-order valence-corrected chi connectivity index (χ3v) is 2.38. The molecule has 0 radical (unpaired) electrons. The first-order valence-electron chi connectivity index (χ1n) is 4.73. The lowest BCUT2D eigenvalue weighted by Gasteiger charge is -2.10. The fourth-order valence-electron chi connectivity index (χ4n) is 1.10. The summed E-state index contributed by atoms with van der Waals surface area (Å²) < 4.78 is 5.79. The molecule has 1 aromatic heterocycles. The van der Waals surface area contributed by atoms with Crippen LogP contribution in [-0.2, 0) is 4.74 Å². The highest BCUT2D eigenvalue weighted by atomic mass is 79.9. The molecule has 0 saturated heterocycles. The maximum Gasteiger partial charge on any atom is 0.108 e. The highest BCUT2D eigenvalue weighted by Crippen LogP contribution is 2.12. The van der Waals surface area contributed by atoms with Gasteiger partial charge < -0.3 is 15.2 Å². The molecule has 84 valence electrons. The van der Waals surface area contributed by atoms with Crippen molar-refractivity contribution < 1.29 is 9.84 Å². The zero-order valence-electron chi connectivity index (χ0n) is 8.61. The summed E-state index contributed by atoms with van der Waals surface area (Å²) in [6.45, 7) is 1.85. The molecule has 1 aromatic rings. The van der Waals surface area contributed by atoms with Crippen LogP contribution in [0.1, 0.15) is 11.8 Å². The standard InChI is InChI=1S/C10H15BrN2O2/c1-15-5-4-12-7-10(14)9-3-2-8(11)6-13-9/h2-3,6,10,12,14H,4-5,7H2,1H3. The summed E-state index contributed by atoms with van der Waals surface area (Å²) in [7, 11) is 1.65. The molecular formula is C10H15BrN2O2. The second-order valence-electron chi connectivity index (χ2n) is 3.11. The van der Waals surface area contributed by atoms with Crippen molar-refractivity contribution in [3.8, 4) is 0 Å². The first-order chi connectivity index (χ1) is 7.24. The van der Waals surface area contributed by atoms with Crippen molar-refractivity contribution in [1.29, 1.82) is 0 Å². The fourth-order valence-corrected chi connectivity index (χ4v) is 1.34. The van der Waals surface area contributed by atoms with E-state index in [1.165, 1.54) is 0 Å². The summed E-state index contributed by atoms with van der Waals surface area (Å²) in [5, 5.41) is 12.8. The smallest absolute Gasteiger partial charge is 0.108 e. The van der Waals surface area contributed by atoms with Crippen LogP contribution in [0.15, 0.2) is 22.8 Å². The normalized spacial score (nSPS) is 12.7. The molecule has 2 N–H and O–H groups in total. The van der Waals surface area contributed by atoms with Gasteiger partial charge in [0.1, 0.15) is 6.10 Å². The quantitative estimate of drug-likeness (QED) is 0.764. The molecule has 4 nitrogen and oxygen atoms in total. The third kappa shape index (κ3) is 4.70. The van der Waals surface area contributed by atoms with Crippen LogP contribution in [0.25, 0.3) is 0 Å². The first-order valence-corrected chi connectivity index (χ1v) is 5.52. The van der Waals surface area contributed by atoms with Gasteiger partial charge in [-0.05, 0) is 28.1 Å². The lowest BCUT2D eigenvalue weighted by molar-refractivity contribution is 0.158. The molecule has 0 amide bonds. The summed E-state index contributed by atoms with van der Waals surface area (Å²) in [5.74, 6) is 0. The van der Waals surface area contributed by atoms with E-state index in [9.17, 15) is 5.11 Å². The van der Waals surface area contributed by atoms with E-state index < -0.39 is 6.10 Å². The van der Waals surface area contributed by atoms with Crippen LogP contribution in [0.5, 0.6) is 0 Å². The number of hydrogen-bond acceptors (Lipinski definition) is 4. The number of hydrogen-bond donors (Lipinski definition) is 2. The Labute approximate surface area is 97.8 Å². The van der Waals surface area contributed by atoms with E-state index in [0.717, 1.165) is 11.0 Å². The Morgan fingerprint density at radius 2 is 2.40 bits per heavy atom. The molecule has 0 aromatic carbocycles. The molecule has 1 atom stereocenters. The average Bonchev–Trinajstić information content (AvgIpc) is 2.25. The monoisotopic (exact) mass is 274 g/mol. The zero-order valence-corrected chi connectivity index (χ0v) is 10.2. The van der Waals surface area contributed by atoms with Gasteiger partial charge in [-0.1, -0.05) is 0 Å². The Kier molecular flexibility index (Phi) is 5.78. The van der Waals surface area contributed by atoms with Crippen molar-refractivity contribution in [1.82, 2.24) is 10.3 Å². The van der Waals surface area contributed by atoms with Gasteiger partial charge in [0, 0.05) is 30.9 Å². The number of rotatable bonds is 6. The largest absolute Gasteiger partial charge is 0.385 e. The fraction of sp³-hybridized carbons (Fsp3) is 0.500. The molecule has 1 heterocycles. The second-order valence-corrected chi connectivity index (χ2v) is 4.03. The zero-order chi connectivity index (χ0) is 11.1. The molecule has 0 aliphatic rings. The number of methoxy groups -OCH3 is 1. The summed E-state index contributed by atoms with van der Waals surface area (Å²) in [6, 6.07) is 3.66. The first kappa shape index (κ1) is 12.6. The molecule has 0 spiro atoms. The van der Waals surface area contributed by atoms with E-state index in [-0.39, 0.29) is 0 Å². The average molecular weight is 275 g/mol. The second kappa shape index (κ2) is 6.90. The maximum atomic E-state index is 9.73. The van der Waals surface area contributed by atoms with Gasteiger partial charge in [0.05, 0.1) is 12.3 Å². The number of ether oxygens (including phenoxy) is 1. The molecule has 15 heavy (non-hydrogen) atoms. The van der Waals surface area contributed by atoms with E-state index in [1.807, 2.05) is 6.07 Å². The van der Waals surface area contributed by atoms with Gasteiger partial charge in [-0.2, -0.15) is 0 Å². The Morgan fingerprint density at radius 3 is 3.00 bits per heavy atom. The molecule has 0 fully saturated rings. The van der Waals surface area contributed by atoms with Gasteiger partial charge in [-0.15, -0.1) is 0 Å². The van der Waals surface area contributed by atoms with Crippen LogP contribution < -0.4 is 5.32 Å². The molecular weight excluding hydrogens is 260 g/mol. The number of aromatic nitrogens is 1. The topological polar surface area (TPSA) is 54.4 Å². The van der Waals surface area contributed by atoms with Gasteiger partial charge in [0.25, 0.3) is 0 Å². The Bertz CT molecular complexity index is 279. The van der Waals surface area contributed by atoms with Crippen molar-refractivity contribution >= 4 is 15.9 Å². The van der Waals surface area contributed by atoms with Crippen molar-refractivity contribution in [2.45, 2.75) is 6.10 Å². The predicted octanol–water partition coefficient (Wildman–Crippen LogP) is 1.11. The van der Waals surface area contributed by atoms with Crippen LogP contribution in [0.4, 0.5) is 0 Å². The summed E-state index contributed by atoms with van der Waals surface area (Å²) in [5.41, 5.74) is 0.670. The Balaban J connectivity index is 2.33. The molecule has 1 unspecified atom stereocenters. The van der Waals surface area contributed by atoms with Gasteiger partial charge in [-0.25, -0.2) is 0 Å². The molecule has 0 aliphatic carbocycles. The van der Waals surface area contributed by atoms with Crippen molar-refractivity contribution in [2.24, 2.45) is 0 Å². The van der Waals surface area contributed by atoms with Gasteiger partial charge in [0.2, 0.25) is 0 Å². The third-order valence-electron chi connectivity index (χ3n) is 1.91. The minimum absolute atomic E-state index is 0.484. The number of halogens is 1. The number of nitrogens with one attached hydrogen (secondary N) is 1. The summed E-state index contributed by atoms with van der Waals surface area (Å²) >= 11 is 3.29. The predicted molar refractivity (Wildman–Crippen MR) is 61.6 cm³/mol. The summed E-state index contributed by atoms with van der Waals surface area (Å²) in [6.07, 6.45) is 1.10. The van der Waals surface area contributed by atoms with Crippen LogP contribution in [0.2, 0.25) is 0 Å². The lowest BCUT2D eigenvalue weighted by Crippen LogP contribution is -2.25. The molecule has 5 heteroatoms. The number of aliphatic hydroxyl groups is 1. The molecule has 0 bridgehead atoms. The van der Waals surface area contributed by atoms with Gasteiger partial charge in [-0.3, -0.25) is 4.98 Å². The van der Waals surface area contributed by atoms with E-state index in [0.29, 0.717) is 18.8 Å². The minimum Gasteiger partial charge on any atom is -0.385 e. The highest BCUT2D eigenvalue weighted by molar-refractivity contribution is 9.10. The van der Waals surface area contributed by atoms with Crippen molar-refractivity contribution in [2.75, 3.05) is 26.8 Å². The van der Waals surface area contributed by atoms with Crippen molar-refractivity contribution in [3.05, 3.63) is 28.5 Å². The number of aliphatic hydroxyl groups excluding tert-OH is 1. The number of pyridine rings is 1. The number of nitrogens with zero attached hydrogens (tertiary/aromatic N) is 1. The molecule has 0 saturated carbocycles. The van der Waals surface area contributed by atoms with Crippen LogP contribution in [0.3, 0.4) is 0 Å². The van der Waals surface area contributed by atoms with Gasteiger partial charge >= 0.3 is 0 Å². The molecule has 0 aliphatic heterocycles. The van der Waals surface area contributed by atoms with E-state index >= 15 is 0 Å². The molecule has 1 rings (SSSR count). The van der Waals surface area contributed by atoms with Crippen LogP contribution in [-0.4, -0.2) is 36.9 Å². The minimum atomic E-state index is -0.574. The van der Waals surface area contributed by atoms with E-state index in [4.69, 9.17) is 4.74 Å². The van der Waals surface area contributed by atoms with E-state index in [2.05, 4.69) is 26.2 Å². The van der Waals surface area contributed by atoms with Crippen LogP contribution in [0, 0.1) is 0 Å². The summed E-state index contributed by atoms with van der Waals surface area (Å²) in [4.78, 5) is 4.11. The SMILES string of the molecule is COCCNCC(O)c1ccc(Br)cn1. The Morgan fingerprint density at radius 1 is 1.60 bits per heavy atom. The van der Waals surface area contributed by atoms with Crippen molar-refractivity contribution in [3.63, 3.8) is 0 Å².